The average molecular weight is 628 g/mol. The molecule has 1 heterocycles. The summed E-state index contributed by atoms with van der Waals surface area (Å²) in [4.78, 5) is 4.29. The molecule has 0 unspecified atom stereocenters. The Balaban J connectivity index is 0.00000231. The van der Waals surface area contributed by atoms with Gasteiger partial charge in [-0.25, -0.2) is 13.4 Å². The Labute approximate surface area is 288 Å². The molecule has 4 aromatic carbocycles. The van der Waals surface area contributed by atoms with Crippen LogP contribution in [0.2, 0.25) is 0 Å². The third-order valence-electron chi connectivity index (χ3n) is 5.99. The summed E-state index contributed by atoms with van der Waals surface area (Å²) in [5.41, 5.74) is 5.17. The Bertz CT molecular complexity index is 1900. The van der Waals surface area contributed by atoms with E-state index in [0.29, 0.717) is 17.7 Å². The number of hydrogen-bond acceptors (Lipinski definition) is 12. The van der Waals surface area contributed by atoms with Gasteiger partial charge in [-0.1, -0.05) is 18.2 Å². The van der Waals surface area contributed by atoms with Gasteiger partial charge in [0.15, 0.2) is 5.75 Å². The summed E-state index contributed by atoms with van der Waals surface area (Å²) in [6.07, 6.45) is 0. The summed E-state index contributed by atoms with van der Waals surface area (Å²) in [7, 11) is -4.92. The summed E-state index contributed by atoms with van der Waals surface area (Å²) < 4.78 is 41.0. The van der Waals surface area contributed by atoms with E-state index in [2.05, 4.69) is 31.7 Å². The monoisotopic (exact) mass is 627 g/mol. The summed E-state index contributed by atoms with van der Waals surface area (Å²) in [6, 6.07) is 15.0. The van der Waals surface area contributed by atoms with Gasteiger partial charge in [0.2, 0.25) is 0 Å². The van der Waals surface area contributed by atoms with Crippen LogP contribution < -0.4 is 64.4 Å². The maximum atomic E-state index is 11.8. The summed E-state index contributed by atoms with van der Waals surface area (Å²) in [6.45, 7) is 5.92. The Morgan fingerprint density at radius 1 is 1.00 bits per heavy atom. The molecule has 15 heteroatoms. The molecule has 10 nitrogen and oxygen atoms in total. The molecule has 0 aliphatic heterocycles. The molecule has 0 fully saturated rings. The maximum absolute atomic E-state index is 11.8. The van der Waals surface area contributed by atoms with E-state index in [0.717, 1.165) is 38.0 Å². The first-order valence-corrected chi connectivity index (χ1v) is 14.3. The van der Waals surface area contributed by atoms with Crippen molar-refractivity contribution in [2.75, 3.05) is 0 Å². The first-order chi connectivity index (χ1) is 18.6. The van der Waals surface area contributed by atoms with Gasteiger partial charge in [0.1, 0.15) is 20.8 Å². The van der Waals surface area contributed by atoms with E-state index in [1.54, 1.807) is 17.4 Å². The average Bonchev–Trinajstić information content (AvgIpc) is 3.31. The molecule has 0 saturated heterocycles. The number of hydrogen-bond donors (Lipinski definition) is 1. The normalized spacial score (nSPS) is 11.6. The van der Waals surface area contributed by atoms with Crippen LogP contribution in [-0.2, 0) is 19.5 Å². The van der Waals surface area contributed by atoms with Crippen LogP contribution in [0.25, 0.3) is 31.6 Å². The molecular weight excluding hydrogens is 608 g/mol. The van der Waals surface area contributed by atoms with E-state index in [4.69, 9.17) is 4.98 Å². The Morgan fingerprint density at radius 3 is 2.44 bits per heavy atom. The van der Waals surface area contributed by atoms with E-state index in [9.17, 15) is 23.3 Å². The molecule has 41 heavy (non-hydrogen) atoms. The second-order valence-electron chi connectivity index (χ2n) is 8.75. The number of fused-ring (bicyclic) bond motifs is 2. The van der Waals surface area contributed by atoms with Crippen molar-refractivity contribution >= 4 is 65.9 Å². The van der Waals surface area contributed by atoms with Crippen molar-refractivity contribution in [1.29, 1.82) is 0 Å². The number of rotatable bonds is 7. The molecule has 0 aliphatic rings. The van der Waals surface area contributed by atoms with Crippen LogP contribution in [-0.4, -0.2) is 23.1 Å². The smallest absolute Gasteiger partial charge is 0.744 e. The van der Waals surface area contributed by atoms with Gasteiger partial charge in [-0.2, -0.15) is 9.45 Å². The zero-order valence-electron chi connectivity index (χ0n) is 22.7. The Hall–Kier alpha value is -1.43. The van der Waals surface area contributed by atoms with Crippen molar-refractivity contribution < 1.29 is 91.8 Å². The molecule has 0 atom stereocenters. The fourth-order valence-electron chi connectivity index (χ4n) is 4.28. The predicted molar refractivity (Wildman–Crippen MR) is 145 cm³/mol. The van der Waals surface area contributed by atoms with E-state index in [-0.39, 0.29) is 80.5 Å². The van der Waals surface area contributed by atoms with Crippen LogP contribution in [0, 0.1) is 20.8 Å². The molecule has 0 saturated carbocycles. The third-order valence-corrected chi connectivity index (χ3v) is 8.54. The summed E-state index contributed by atoms with van der Waals surface area (Å²) in [5, 5.41) is 34.0. The molecule has 0 bridgehead atoms. The number of aryl methyl sites for hydroxylation is 3. The van der Waals surface area contributed by atoms with Crippen LogP contribution >= 0.6 is 23.4 Å². The first-order valence-electron chi connectivity index (χ1n) is 11.3. The van der Waals surface area contributed by atoms with Gasteiger partial charge >= 0.3 is 59.1 Å². The van der Waals surface area contributed by atoms with E-state index >= 15 is 0 Å². The van der Waals surface area contributed by atoms with Gasteiger partial charge in [0.25, 0.3) is 0 Å². The van der Waals surface area contributed by atoms with Crippen molar-refractivity contribution in [1.82, 2.24) is 4.98 Å². The van der Waals surface area contributed by atoms with Gasteiger partial charge in [0.05, 0.1) is 37.7 Å². The Morgan fingerprint density at radius 2 is 1.76 bits per heavy atom. The van der Waals surface area contributed by atoms with Crippen LogP contribution in [0.15, 0.2) is 74.6 Å². The molecule has 1 N–H and O–H groups in total. The molecule has 0 aliphatic carbocycles. The fourth-order valence-corrected chi connectivity index (χ4v) is 6.62. The minimum atomic E-state index is -4.92. The molecule has 200 valence electrons. The first kappa shape index (κ1) is 34.1. The van der Waals surface area contributed by atoms with Crippen molar-refractivity contribution in [3.63, 3.8) is 0 Å². The number of phenolic OH excluding ortho intramolecular Hbond substituents is 1. The number of nitrogens with zero attached hydrogens (tertiary/aromatic N) is 3. The van der Waals surface area contributed by atoms with Crippen LogP contribution in [0.1, 0.15) is 16.7 Å². The Kier molecular flexibility index (Phi) is 11.6. The maximum Gasteiger partial charge on any atom is 1.00 e. The molecule has 0 radical (unpaired) electrons. The minimum absolute atomic E-state index is 0. The minimum Gasteiger partial charge on any atom is -0.744 e. The van der Waals surface area contributed by atoms with Crippen molar-refractivity contribution in [2.24, 2.45) is 10.2 Å². The predicted octanol–water partition coefficient (Wildman–Crippen LogP) is 0.305. The van der Waals surface area contributed by atoms with Crippen LogP contribution in [0.5, 0.6) is 5.75 Å². The number of azo groups is 1. The number of aromatic hydroxyl groups is 1. The molecule has 5 rings (SSSR count). The van der Waals surface area contributed by atoms with Crippen LogP contribution in [0.4, 0.5) is 11.4 Å². The third kappa shape index (κ3) is 7.21. The number of phenols is 1. The summed E-state index contributed by atoms with van der Waals surface area (Å²) >= 11 is 2.04. The van der Waals surface area contributed by atoms with Gasteiger partial charge in [-0.05, 0) is 79.2 Å². The van der Waals surface area contributed by atoms with Crippen molar-refractivity contribution in [3.8, 4) is 16.3 Å². The second kappa shape index (κ2) is 13.9. The SMILES string of the molecule is Cc1cc(C)c2nc(-c3ccc(N=Nc4c(SOO[O-])cc5cccc(S(=O)(=O)[O-])c5c4O)c(C)c3)sc2c1.[Na+].[Na+]. The zero-order valence-corrected chi connectivity index (χ0v) is 29.1. The summed E-state index contributed by atoms with van der Waals surface area (Å²) in [5.74, 6) is -0.613. The number of benzene rings is 4. The number of aromatic nitrogens is 1. The standard InChI is InChI=1S/C26H21N3O7S3.2Na/c1-13-9-15(3)23-19(10-13)37-26(27-23)17-7-8-18(14(2)11-17)28-29-24-20(38-36-35-31)12-16-5-4-6-21(39(32,33)34)22(16)25(24)30;;/h4-12,30-31H,1-3H3,(H,32,33,34);;/q;2*+1/p-2. The van der Waals surface area contributed by atoms with Gasteiger partial charge in [-0.3, -0.25) is 5.04 Å². The largest absolute Gasteiger partial charge is 1.00 e. The van der Waals surface area contributed by atoms with Crippen molar-refractivity contribution in [2.45, 2.75) is 30.6 Å². The van der Waals surface area contributed by atoms with Crippen LogP contribution in [0.3, 0.4) is 0 Å². The molecule has 0 amide bonds. The topological polar surface area (TPSA) is 157 Å². The van der Waals surface area contributed by atoms with Gasteiger partial charge in [-0.15, -0.1) is 16.5 Å². The van der Waals surface area contributed by atoms with E-state index in [1.165, 1.54) is 23.8 Å². The van der Waals surface area contributed by atoms with E-state index < -0.39 is 20.8 Å². The van der Waals surface area contributed by atoms with E-state index in [1.807, 2.05) is 32.9 Å². The molecule has 1 aromatic heterocycles. The second-order valence-corrected chi connectivity index (χ2v) is 11.9. The molecular formula is C26H19N3Na2O7S3. The molecule has 5 aromatic rings. The van der Waals surface area contributed by atoms with Gasteiger partial charge in [0, 0.05) is 10.9 Å². The fraction of sp³-hybridized carbons (Fsp3) is 0.115. The quantitative estimate of drug-likeness (QED) is 0.0670. The zero-order chi connectivity index (χ0) is 27.9. The van der Waals surface area contributed by atoms with Gasteiger partial charge < -0.3 is 14.9 Å². The number of thiazole rings is 1. The van der Waals surface area contributed by atoms with Crippen molar-refractivity contribution in [3.05, 3.63) is 71.3 Å². The molecule has 0 spiro atoms.